The van der Waals surface area contributed by atoms with Gasteiger partial charge in [-0.25, -0.2) is 4.39 Å². The van der Waals surface area contributed by atoms with Gasteiger partial charge in [-0.05, 0) is 43.7 Å². The molecule has 0 aliphatic rings. The van der Waals surface area contributed by atoms with Gasteiger partial charge in [-0.2, -0.15) is 0 Å². The number of nitrogens with zero attached hydrogens (tertiary/aromatic N) is 2. The fourth-order valence-corrected chi connectivity index (χ4v) is 4.20. The summed E-state index contributed by atoms with van der Waals surface area (Å²) in [5.41, 5.74) is 1.96. The number of rotatable bonds is 6. The lowest BCUT2D eigenvalue weighted by Gasteiger charge is -2.10. The average Bonchev–Trinajstić information content (AvgIpc) is 3.07. The lowest BCUT2D eigenvalue weighted by atomic mass is 10.2. The van der Waals surface area contributed by atoms with Crippen molar-refractivity contribution in [3.8, 4) is 0 Å². The summed E-state index contributed by atoms with van der Waals surface area (Å²) in [5, 5.41) is 14.7. The van der Waals surface area contributed by atoms with Crippen LogP contribution >= 0.6 is 34.7 Å². The Hall–Kier alpha value is -2.16. The summed E-state index contributed by atoms with van der Waals surface area (Å²) in [4.78, 5) is 12.3. The third-order valence-corrected chi connectivity index (χ3v) is 6.04. The van der Waals surface area contributed by atoms with E-state index in [1.165, 1.54) is 35.2 Å². The number of anilines is 3. The highest BCUT2D eigenvalue weighted by atomic mass is 35.5. The van der Waals surface area contributed by atoms with Crippen molar-refractivity contribution in [1.82, 2.24) is 10.2 Å². The molecule has 2 N–H and O–H groups in total. The Bertz CT molecular complexity index is 966. The molecule has 1 unspecified atom stereocenters. The van der Waals surface area contributed by atoms with Gasteiger partial charge in [-0.15, -0.1) is 10.2 Å². The molecule has 140 valence electrons. The van der Waals surface area contributed by atoms with Gasteiger partial charge >= 0.3 is 0 Å². The van der Waals surface area contributed by atoms with Crippen LogP contribution in [0, 0.1) is 12.7 Å². The van der Waals surface area contributed by atoms with Gasteiger partial charge in [-0.3, -0.25) is 4.79 Å². The summed E-state index contributed by atoms with van der Waals surface area (Å²) in [6, 6.07) is 11.7. The quantitative estimate of drug-likeness (QED) is 0.513. The van der Waals surface area contributed by atoms with Crippen molar-refractivity contribution in [2.45, 2.75) is 23.4 Å². The number of aryl methyl sites for hydroxylation is 1. The van der Waals surface area contributed by atoms with Gasteiger partial charge in [0.05, 0.1) is 10.9 Å². The number of benzene rings is 2. The van der Waals surface area contributed by atoms with Crippen LogP contribution in [0.2, 0.25) is 5.02 Å². The Labute approximate surface area is 169 Å². The number of thioether (sulfide) groups is 1. The zero-order valence-electron chi connectivity index (χ0n) is 14.5. The number of amides is 1. The van der Waals surface area contributed by atoms with Crippen molar-refractivity contribution in [2.75, 3.05) is 10.6 Å². The number of hydrogen-bond donors (Lipinski definition) is 2. The Morgan fingerprint density at radius 2 is 2.04 bits per heavy atom. The second-order valence-electron chi connectivity index (χ2n) is 5.69. The monoisotopic (exact) mass is 422 g/mol. The second kappa shape index (κ2) is 8.69. The van der Waals surface area contributed by atoms with E-state index in [-0.39, 0.29) is 11.6 Å². The maximum atomic E-state index is 13.6. The molecule has 1 atom stereocenters. The molecule has 9 heteroatoms. The molecule has 27 heavy (non-hydrogen) atoms. The average molecular weight is 423 g/mol. The summed E-state index contributed by atoms with van der Waals surface area (Å²) < 4.78 is 14.3. The molecule has 3 aromatic rings. The van der Waals surface area contributed by atoms with Crippen molar-refractivity contribution >= 4 is 57.1 Å². The van der Waals surface area contributed by atoms with Crippen molar-refractivity contribution in [3.63, 3.8) is 0 Å². The fourth-order valence-electron chi connectivity index (χ4n) is 2.10. The van der Waals surface area contributed by atoms with E-state index in [4.69, 9.17) is 11.6 Å². The van der Waals surface area contributed by atoms with Crippen molar-refractivity contribution < 1.29 is 9.18 Å². The lowest BCUT2D eigenvalue weighted by molar-refractivity contribution is -0.115. The zero-order chi connectivity index (χ0) is 19.4. The van der Waals surface area contributed by atoms with Crippen LogP contribution in [0.4, 0.5) is 20.9 Å². The Morgan fingerprint density at radius 1 is 1.26 bits per heavy atom. The molecule has 0 saturated carbocycles. The van der Waals surface area contributed by atoms with E-state index in [0.29, 0.717) is 14.5 Å². The van der Waals surface area contributed by atoms with Gasteiger partial charge in [0.2, 0.25) is 11.0 Å². The molecule has 0 fully saturated rings. The van der Waals surface area contributed by atoms with E-state index in [9.17, 15) is 9.18 Å². The maximum absolute atomic E-state index is 13.6. The fraction of sp³-hybridized carbons (Fsp3) is 0.167. The molecule has 1 aromatic heterocycles. The molecular weight excluding hydrogens is 407 g/mol. The minimum Gasteiger partial charge on any atom is -0.330 e. The van der Waals surface area contributed by atoms with E-state index >= 15 is 0 Å². The van der Waals surface area contributed by atoms with Gasteiger partial charge in [0, 0.05) is 10.7 Å². The number of carbonyl (C=O) groups is 1. The number of nitrogens with one attached hydrogen (secondary N) is 2. The highest BCUT2D eigenvalue weighted by Crippen LogP contribution is 2.31. The lowest BCUT2D eigenvalue weighted by Crippen LogP contribution is -2.22. The number of aromatic nitrogens is 2. The molecule has 5 nitrogen and oxygen atoms in total. The van der Waals surface area contributed by atoms with Crippen LogP contribution < -0.4 is 10.6 Å². The summed E-state index contributed by atoms with van der Waals surface area (Å²) in [7, 11) is 0. The molecule has 0 spiro atoms. The van der Waals surface area contributed by atoms with Crippen LogP contribution in [0.5, 0.6) is 0 Å². The third kappa shape index (κ3) is 5.18. The topological polar surface area (TPSA) is 66.9 Å². The standard InChI is InChI=1S/C18H16ClFN4OS2/c1-10-7-8-12(9-13(10)19)21-17-23-24-18(27-17)26-11(2)16(25)22-15-6-4-3-5-14(15)20/h3-9,11H,1-2H3,(H,21,23)(H,22,25). The highest BCUT2D eigenvalue weighted by molar-refractivity contribution is 8.02. The molecule has 1 heterocycles. The zero-order valence-corrected chi connectivity index (χ0v) is 16.9. The SMILES string of the molecule is Cc1ccc(Nc2nnc(SC(C)C(=O)Nc3ccccc3F)s2)cc1Cl. The van der Waals surface area contributed by atoms with Crippen molar-refractivity contribution in [2.24, 2.45) is 0 Å². The Kier molecular flexibility index (Phi) is 6.30. The summed E-state index contributed by atoms with van der Waals surface area (Å²) in [5.74, 6) is -0.776. The van der Waals surface area contributed by atoms with Crippen LogP contribution in [0.15, 0.2) is 46.8 Å². The van der Waals surface area contributed by atoms with Crippen molar-refractivity contribution in [1.29, 1.82) is 0 Å². The first-order valence-corrected chi connectivity index (χ1v) is 10.1. The number of carbonyl (C=O) groups excluding carboxylic acids is 1. The molecule has 2 aromatic carbocycles. The third-order valence-electron chi connectivity index (χ3n) is 3.61. The van der Waals surface area contributed by atoms with Crippen LogP contribution in [0.1, 0.15) is 12.5 Å². The maximum Gasteiger partial charge on any atom is 0.237 e. The van der Waals surface area contributed by atoms with Crippen LogP contribution in [-0.2, 0) is 4.79 Å². The van der Waals surface area contributed by atoms with Crippen LogP contribution in [-0.4, -0.2) is 21.4 Å². The summed E-state index contributed by atoms with van der Waals surface area (Å²) >= 11 is 8.70. The molecule has 3 rings (SSSR count). The molecule has 0 radical (unpaired) electrons. The van der Waals surface area contributed by atoms with E-state index < -0.39 is 11.1 Å². The molecule has 0 aliphatic carbocycles. The van der Waals surface area contributed by atoms with Gasteiger partial charge in [0.15, 0.2) is 4.34 Å². The minimum absolute atomic E-state index is 0.158. The van der Waals surface area contributed by atoms with E-state index in [2.05, 4.69) is 20.8 Å². The van der Waals surface area contributed by atoms with Crippen LogP contribution in [0.25, 0.3) is 0 Å². The van der Waals surface area contributed by atoms with E-state index in [1.54, 1.807) is 19.1 Å². The first-order valence-electron chi connectivity index (χ1n) is 8.01. The number of halogens is 2. The van der Waals surface area contributed by atoms with Gasteiger partial charge in [-0.1, -0.05) is 52.9 Å². The highest BCUT2D eigenvalue weighted by Gasteiger charge is 2.18. The molecular formula is C18H16ClFN4OS2. The minimum atomic E-state index is -0.470. The van der Waals surface area contributed by atoms with E-state index in [1.807, 2.05) is 25.1 Å². The summed E-state index contributed by atoms with van der Waals surface area (Å²) in [6.45, 7) is 3.66. The molecule has 0 saturated heterocycles. The van der Waals surface area contributed by atoms with Gasteiger partial charge < -0.3 is 10.6 Å². The summed E-state index contributed by atoms with van der Waals surface area (Å²) in [6.07, 6.45) is 0. The van der Waals surface area contributed by atoms with Crippen molar-refractivity contribution in [3.05, 3.63) is 58.9 Å². The Balaban J connectivity index is 1.60. The predicted octanol–water partition coefficient (Wildman–Crippen LogP) is 5.50. The molecule has 0 bridgehead atoms. The van der Waals surface area contributed by atoms with Gasteiger partial charge in [0.25, 0.3) is 0 Å². The first kappa shape index (κ1) is 19.6. The number of para-hydroxylation sites is 1. The first-order chi connectivity index (χ1) is 12.9. The number of hydrogen-bond acceptors (Lipinski definition) is 6. The second-order valence-corrected chi connectivity index (χ2v) is 8.66. The van der Waals surface area contributed by atoms with Gasteiger partial charge in [0.1, 0.15) is 5.82 Å². The molecule has 1 amide bonds. The van der Waals surface area contributed by atoms with Crippen LogP contribution in [0.3, 0.4) is 0 Å². The van der Waals surface area contributed by atoms with E-state index in [0.717, 1.165) is 11.3 Å². The normalized spacial score (nSPS) is 11.9. The molecule has 0 aliphatic heterocycles. The smallest absolute Gasteiger partial charge is 0.237 e. The Morgan fingerprint density at radius 3 is 2.78 bits per heavy atom. The largest absolute Gasteiger partial charge is 0.330 e. The predicted molar refractivity (Wildman–Crippen MR) is 110 cm³/mol.